The summed E-state index contributed by atoms with van der Waals surface area (Å²) in [5, 5.41) is 13.9. The average molecular weight is 1140 g/mol. The van der Waals surface area contributed by atoms with Crippen LogP contribution in [0.15, 0.2) is 60.8 Å². The van der Waals surface area contributed by atoms with Gasteiger partial charge in [0.25, 0.3) is 7.82 Å². The maximum absolute atomic E-state index is 13.0. The molecule has 0 aromatic heterocycles. The number of carbonyl (C=O) groups is 1. The van der Waals surface area contributed by atoms with Gasteiger partial charge in [-0.3, -0.25) is 9.36 Å². The number of hydrogen-bond donors (Lipinski definition) is 2. The van der Waals surface area contributed by atoms with E-state index in [4.69, 9.17) is 9.05 Å². The van der Waals surface area contributed by atoms with E-state index in [0.717, 1.165) is 51.4 Å². The summed E-state index contributed by atoms with van der Waals surface area (Å²) in [6.07, 6.45) is 84.9. The fourth-order valence-electron chi connectivity index (χ4n) is 10.3. The summed E-state index contributed by atoms with van der Waals surface area (Å²) in [6, 6.07) is -0.913. The zero-order chi connectivity index (χ0) is 58.4. The molecule has 0 heterocycles. The van der Waals surface area contributed by atoms with Gasteiger partial charge < -0.3 is 28.8 Å². The molecule has 0 aliphatic carbocycles. The first kappa shape index (κ1) is 78.2. The topological polar surface area (TPSA) is 108 Å². The van der Waals surface area contributed by atoms with Gasteiger partial charge in [0.05, 0.1) is 39.9 Å². The molecule has 3 unspecified atom stereocenters. The maximum atomic E-state index is 13.0. The van der Waals surface area contributed by atoms with E-state index in [0.29, 0.717) is 17.4 Å². The van der Waals surface area contributed by atoms with Crippen LogP contribution in [0.25, 0.3) is 0 Å². The zero-order valence-electron chi connectivity index (χ0n) is 53.8. The van der Waals surface area contributed by atoms with Crippen LogP contribution >= 0.6 is 7.82 Å². The molecule has 0 spiro atoms. The number of nitrogens with one attached hydrogen (secondary N) is 1. The van der Waals surface area contributed by atoms with Crippen molar-refractivity contribution >= 4 is 13.7 Å². The summed E-state index contributed by atoms with van der Waals surface area (Å²) in [5.41, 5.74) is 0. The fraction of sp³-hybridized carbons (Fsp3) is 0.845. The number of phosphoric acid groups is 1. The van der Waals surface area contributed by atoms with Crippen molar-refractivity contribution in [2.24, 2.45) is 0 Å². The van der Waals surface area contributed by atoms with E-state index in [9.17, 15) is 19.4 Å². The van der Waals surface area contributed by atoms with Gasteiger partial charge in [-0.05, 0) is 77.0 Å². The Labute approximate surface area is 498 Å². The van der Waals surface area contributed by atoms with Gasteiger partial charge in [0, 0.05) is 6.42 Å². The highest BCUT2D eigenvalue weighted by atomic mass is 31.2. The number of aliphatic hydroxyl groups excluding tert-OH is 1. The molecular formula is C71H135N2O6P. The first-order valence-corrected chi connectivity index (χ1v) is 36.1. The second kappa shape index (κ2) is 61.8. The Kier molecular flexibility index (Phi) is 60.4. The smallest absolute Gasteiger partial charge is 0.268 e. The van der Waals surface area contributed by atoms with Crippen molar-refractivity contribution in [2.45, 2.75) is 347 Å². The maximum Gasteiger partial charge on any atom is 0.268 e. The van der Waals surface area contributed by atoms with Crippen molar-refractivity contribution in [3.05, 3.63) is 60.8 Å². The summed E-state index contributed by atoms with van der Waals surface area (Å²) in [6.45, 7) is 4.65. The Morgan fingerprint density at radius 1 is 0.438 bits per heavy atom. The Morgan fingerprint density at radius 3 is 1.09 bits per heavy atom. The first-order chi connectivity index (χ1) is 39.0. The monoisotopic (exact) mass is 1140 g/mol. The van der Waals surface area contributed by atoms with E-state index in [1.807, 2.05) is 27.2 Å². The molecule has 80 heavy (non-hydrogen) atoms. The number of quaternary nitrogens is 1. The number of aliphatic hydroxyl groups is 1. The highest BCUT2D eigenvalue weighted by molar-refractivity contribution is 7.45. The molecule has 470 valence electrons. The van der Waals surface area contributed by atoms with E-state index >= 15 is 0 Å². The third-order valence-electron chi connectivity index (χ3n) is 15.7. The number of rotatable bonds is 64. The molecule has 8 nitrogen and oxygen atoms in total. The van der Waals surface area contributed by atoms with Crippen LogP contribution in [-0.4, -0.2) is 68.5 Å². The molecule has 3 atom stereocenters. The number of carbonyl (C=O) groups excluding carboxylic acids is 1. The third-order valence-corrected chi connectivity index (χ3v) is 16.6. The number of allylic oxidation sites excluding steroid dienone is 9. The fourth-order valence-corrected chi connectivity index (χ4v) is 11.0. The van der Waals surface area contributed by atoms with Gasteiger partial charge in [-0.1, -0.05) is 312 Å². The molecule has 1 amide bonds. The van der Waals surface area contributed by atoms with Crippen LogP contribution in [0.1, 0.15) is 335 Å². The number of likely N-dealkylation sites (N-methyl/N-ethyl adjacent to an activating group) is 1. The van der Waals surface area contributed by atoms with Gasteiger partial charge in [0.2, 0.25) is 5.91 Å². The van der Waals surface area contributed by atoms with Crippen molar-refractivity contribution in [3.63, 3.8) is 0 Å². The quantitative estimate of drug-likeness (QED) is 0.0272. The Balaban J connectivity index is 4.13. The summed E-state index contributed by atoms with van der Waals surface area (Å²) in [4.78, 5) is 25.6. The van der Waals surface area contributed by atoms with E-state index < -0.39 is 26.6 Å². The molecular weight excluding hydrogens is 1010 g/mol. The predicted octanol–water partition coefficient (Wildman–Crippen LogP) is 21.4. The van der Waals surface area contributed by atoms with Crippen LogP contribution < -0.4 is 10.2 Å². The van der Waals surface area contributed by atoms with Crippen molar-refractivity contribution in [3.8, 4) is 0 Å². The van der Waals surface area contributed by atoms with Crippen LogP contribution in [0.3, 0.4) is 0 Å². The van der Waals surface area contributed by atoms with Crippen molar-refractivity contribution < 1.29 is 32.9 Å². The normalized spacial score (nSPS) is 14.0. The lowest BCUT2D eigenvalue weighted by molar-refractivity contribution is -0.870. The van der Waals surface area contributed by atoms with Gasteiger partial charge in [-0.2, -0.15) is 0 Å². The minimum Gasteiger partial charge on any atom is -0.756 e. The lowest BCUT2D eigenvalue weighted by Crippen LogP contribution is -2.45. The van der Waals surface area contributed by atoms with Crippen LogP contribution in [-0.2, 0) is 18.4 Å². The van der Waals surface area contributed by atoms with E-state index in [-0.39, 0.29) is 12.5 Å². The highest BCUT2D eigenvalue weighted by Gasteiger charge is 2.23. The average Bonchev–Trinajstić information content (AvgIpc) is 3.42. The van der Waals surface area contributed by atoms with Gasteiger partial charge in [0.1, 0.15) is 13.2 Å². The van der Waals surface area contributed by atoms with Crippen LogP contribution in [0.5, 0.6) is 0 Å². The number of amides is 1. The standard InChI is InChI=1S/C71H135N2O6P/c1-6-8-10-12-14-16-18-20-22-24-26-28-30-32-34-36-38-40-42-44-46-48-50-52-54-56-58-60-62-64-70(74)69(68-79-80(76,77)78-67-66-73(3,4)5)72-71(75)65-63-61-59-57-55-53-51-49-47-45-43-41-39-37-35-33-31-29-27-25-23-21-19-17-15-13-11-9-7-2/h19,21,25,27,46,48,54,56,62,64,69-70,74H,6-18,20,22-24,26,28-45,47,49-53,55,57-61,63,65-68H2,1-5H3,(H-,72,75,76,77)/b21-19-,27-25-,48-46+,56-54+,64-62+. The molecule has 0 radical (unpaired) electrons. The summed E-state index contributed by atoms with van der Waals surface area (Å²) in [7, 11) is 1.24. The summed E-state index contributed by atoms with van der Waals surface area (Å²) >= 11 is 0. The minimum atomic E-state index is -4.62. The molecule has 0 aliphatic heterocycles. The molecule has 0 fully saturated rings. The second-order valence-electron chi connectivity index (χ2n) is 24.9. The van der Waals surface area contributed by atoms with E-state index in [2.05, 4.69) is 67.8 Å². The molecule has 2 N–H and O–H groups in total. The molecule has 0 saturated heterocycles. The first-order valence-electron chi connectivity index (χ1n) is 34.7. The molecule has 0 aromatic carbocycles. The SMILES string of the molecule is CCCCCCC/C=C\C/C=C\CCCCCCCCCCCCCCCCCCCC(=O)NC(COP(=O)([O-])OCC[N+](C)(C)C)C(O)/C=C/CC/C=C/CC/C=C/CCCCCCCCCCCCCCCCCCCCC. The molecule has 0 bridgehead atoms. The molecule has 0 aliphatic rings. The lowest BCUT2D eigenvalue weighted by Gasteiger charge is -2.29. The minimum absolute atomic E-state index is 0.00930. The van der Waals surface area contributed by atoms with Crippen molar-refractivity contribution in [1.29, 1.82) is 0 Å². The summed E-state index contributed by atoms with van der Waals surface area (Å²) in [5.74, 6) is -0.207. The van der Waals surface area contributed by atoms with Crippen LogP contribution in [0.4, 0.5) is 0 Å². The van der Waals surface area contributed by atoms with Gasteiger partial charge in [-0.15, -0.1) is 0 Å². The molecule has 9 heteroatoms. The number of hydrogen-bond acceptors (Lipinski definition) is 6. The largest absolute Gasteiger partial charge is 0.756 e. The Morgan fingerprint density at radius 2 is 0.738 bits per heavy atom. The van der Waals surface area contributed by atoms with Crippen LogP contribution in [0.2, 0.25) is 0 Å². The lowest BCUT2D eigenvalue weighted by atomic mass is 10.0. The Bertz CT molecular complexity index is 1490. The summed E-state index contributed by atoms with van der Waals surface area (Å²) < 4.78 is 23.4. The second-order valence-corrected chi connectivity index (χ2v) is 26.3. The molecule has 0 saturated carbocycles. The highest BCUT2D eigenvalue weighted by Crippen LogP contribution is 2.38. The Hall–Kier alpha value is -1.80. The van der Waals surface area contributed by atoms with E-state index in [1.54, 1.807) is 6.08 Å². The van der Waals surface area contributed by atoms with Crippen molar-refractivity contribution in [1.82, 2.24) is 5.32 Å². The van der Waals surface area contributed by atoms with Crippen molar-refractivity contribution in [2.75, 3.05) is 40.9 Å². The van der Waals surface area contributed by atoms with Crippen LogP contribution in [0, 0.1) is 0 Å². The van der Waals surface area contributed by atoms with E-state index in [1.165, 1.54) is 263 Å². The third kappa shape index (κ3) is 63.8. The molecule has 0 aromatic rings. The number of nitrogens with zero attached hydrogens (tertiary/aromatic N) is 1. The predicted molar refractivity (Wildman–Crippen MR) is 348 cm³/mol. The van der Waals surface area contributed by atoms with Gasteiger partial charge >= 0.3 is 0 Å². The number of phosphoric ester groups is 1. The zero-order valence-corrected chi connectivity index (χ0v) is 54.7. The van der Waals surface area contributed by atoms with Gasteiger partial charge in [-0.25, -0.2) is 0 Å². The number of unbranched alkanes of at least 4 members (excludes halogenated alkanes) is 43. The van der Waals surface area contributed by atoms with Gasteiger partial charge in [0.15, 0.2) is 0 Å². The molecule has 0 rings (SSSR count).